The zero-order valence-corrected chi connectivity index (χ0v) is 20.9. The first-order valence-corrected chi connectivity index (χ1v) is 19.6. The molecule has 0 saturated heterocycles. The number of halogens is 5. The Balaban J connectivity index is -0.0000000492. The first-order chi connectivity index (χ1) is 6.80. The van der Waals surface area contributed by atoms with Crippen LogP contribution in [0.3, 0.4) is 0 Å². The van der Waals surface area contributed by atoms with Crippen LogP contribution in [0, 0.1) is 14.9 Å². The second-order valence-electron chi connectivity index (χ2n) is 5.08. The number of hydrogen-bond donors (Lipinski definition) is 1. The van der Waals surface area contributed by atoms with Crippen molar-refractivity contribution in [3.63, 3.8) is 0 Å². The Labute approximate surface area is 151 Å². The van der Waals surface area contributed by atoms with Crippen LogP contribution >= 0.6 is 45.9 Å². The van der Waals surface area contributed by atoms with Crippen LogP contribution in [0.5, 0.6) is 0 Å². The summed E-state index contributed by atoms with van der Waals surface area (Å²) in [5.74, 6) is 0. The molecule has 0 saturated carbocycles. The molecule has 0 aliphatic heterocycles. The van der Waals surface area contributed by atoms with Crippen LogP contribution in [0.2, 0.25) is 0 Å². The molecule has 0 amide bonds. The maximum absolute atomic E-state index is 8.52. The first-order valence-electron chi connectivity index (χ1n) is 4.49. The van der Waals surface area contributed by atoms with E-state index in [1.165, 1.54) is 20.9 Å². The molecule has 0 aromatic rings. The van der Waals surface area contributed by atoms with Gasteiger partial charge < -0.3 is 20.0 Å². The van der Waals surface area contributed by atoms with Crippen molar-refractivity contribution in [2.24, 2.45) is 3.34 Å². The molecule has 0 aliphatic rings. The zero-order chi connectivity index (χ0) is 15.2. The topological polar surface area (TPSA) is 32.6 Å². The molecule has 123 valence electrons. The molecule has 0 radical (unpaired) electrons. The van der Waals surface area contributed by atoms with Crippen LogP contribution in [0.1, 0.15) is 41.5 Å². The van der Waals surface area contributed by atoms with Crippen molar-refractivity contribution in [2.75, 3.05) is 0 Å². The molecule has 0 aliphatic carbocycles. The van der Waals surface area contributed by atoms with Gasteiger partial charge in [-0.3, -0.25) is 0 Å². The average molecular weight is 538 g/mol. The zero-order valence-electron chi connectivity index (χ0n) is 12.7. The Morgan fingerprint density at radius 3 is 0.895 bits per heavy atom. The summed E-state index contributed by atoms with van der Waals surface area (Å²) in [6, 6.07) is 0. The van der Waals surface area contributed by atoms with E-state index < -0.39 is 16.0 Å². The Morgan fingerprint density at radius 2 is 0.895 bits per heavy atom. The Hall–Kier alpha value is 2.69. The van der Waals surface area contributed by atoms with E-state index in [1.807, 2.05) is 0 Å². The summed E-state index contributed by atoms with van der Waals surface area (Å²) in [4.78, 5) is 0. The molecular formula is C10H25Cl5NNb2O-2. The van der Waals surface area contributed by atoms with E-state index >= 15 is 0 Å². The molecule has 9 heteroatoms. The molecule has 0 rings (SSSR count). The quantitative estimate of drug-likeness (QED) is 0.272. The molecule has 0 heterocycles. The third-order valence-corrected chi connectivity index (χ3v) is 1.77. The van der Waals surface area contributed by atoms with Gasteiger partial charge in [-0.05, 0) is 20.8 Å². The van der Waals surface area contributed by atoms with Gasteiger partial charge in [-0.15, -0.1) is 0 Å². The third kappa shape index (κ3) is 223. The van der Waals surface area contributed by atoms with Crippen molar-refractivity contribution < 1.29 is 36.4 Å². The molecule has 1 N–H and O–H groups in total. The summed E-state index contributed by atoms with van der Waals surface area (Å²) in [5, 5.41) is 8.52. The van der Waals surface area contributed by atoms with Crippen molar-refractivity contribution in [3.8, 4) is 0 Å². The molecule has 0 atom stereocenters. The van der Waals surface area contributed by atoms with Crippen LogP contribution in [0.4, 0.5) is 0 Å². The molecule has 0 bridgehead atoms. The molecule has 2 nitrogen and oxygen atoms in total. The standard InChI is InChI=1S/C4H9N.C4H10O.2CH3.5ClH.2Nb/c2*1-4(2,3)5;;;;;;;;;/h1-3H3;5H,1-3H3;2*1H3;5*1H;;/q;;2*-1;;;;;;;+5/p-5. The van der Waals surface area contributed by atoms with Crippen molar-refractivity contribution in [1.29, 1.82) is 0 Å². The Kier molecular flexibility index (Phi) is 21.3. The molecule has 0 fully saturated rings. The maximum atomic E-state index is 8.52. The minimum atomic E-state index is -4.33. The second-order valence-corrected chi connectivity index (χ2v) is 39.0. The van der Waals surface area contributed by atoms with E-state index in [0.717, 1.165) is 0 Å². The summed E-state index contributed by atoms with van der Waals surface area (Å²) >= 11 is 1.52. The van der Waals surface area contributed by atoms with Gasteiger partial charge in [0.15, 0.2) is 0 Å². The van der Waals surface area contributed by atoms with E-state index in [4.69, 9.17) is 51.1 Å². The van der Waals surface area contributed by atoms with Gasteiger partial charge in [-0.2, -0.15) is 0 Å². The van der Waals surface area contributed by atoms with E-state index in [1.54, 1.807) is 20.8 Å². The van der Waals surface area contributed by atoms with E-state index in [2.05, 4.69) is 24.1 Å². The molecule has 0 aromatic heterocycles. The fraction of sp³-hybridized carbons (Fsp3) is 0.800. The summed E-state index contributed by atoms with van der Waals surface area (Å²) < 4.78 is 4.07. The average Bonchev–Trinajstić information content (AvgIpc) is 1.75. The molecule has 19 heavy (non-hydrogen) atoms. The predicted octanol–water partition coefficient (Wildman–Crippen LogP) is 6.64. The van der Waals surface area contributed by atoms with Gasteiger partial charge in [0.05, 0.1) is 5.60 Å². The van der Waals surface area contributed by atoms with Crippen molar-refractivity contribution in [1.82, 2.24) is 0 Å². The molecular weight excluding hydrogens is 513 g/mol. The number of aliphatic hydroxyl groups is 1. The van der Waals surface area contributed by atoms with Crippen LogP contribution in [-0.2, 0) is 31.3 Å². The summed E-state index contributed by atoms with van der Waals surface area (Å²) in [5.41, 5.74) is -0.311. The van der Waals surface area contributed by atoms with Crippen molar-refractivity contribution >= 4 is 45.9 Å². The van der Waals surface area contributed by atoms with Gasteiger partial charge in [0.25, 0.3) is 0 Å². The second kappa shape index (κ2) is 12.2. The van der Waals surface area contributed by atoms with Crippen LogP contribution in [0.15, 0.2) is 3.34 Å². The monoisotopic (exact) mass is 536 g/mol. The van der Waals surface area contributed by atoms with Gasteiger partial charge in [-0.25, -0.2) is 0 Å². The molecule has 0 unspecified atom stereocenters. The van der Waals surface area contributed by atoms with Gasteiger partial charge >= 0.3 is 107 Å². The SMILES string of the molecule is CC(C)(C)O.CC(C)(C)[N]=[Nb].[CH3-].[CH3-].[Cl][Nb]([Cl])([Cl])([Cl])[Cl]. The number of hydrogen-bond acceptors (Lipinski definition) is 2. The van der Waals surface area contributed by atoms with E-state index in [9.17, 15) is 0 Å². The van der Waals surface area contributed by atoms with Crippen LogP contribution in [0.25, 0.3) is 0 Å². The fourth-order valence-electron chi connectivity index (χ4n) is 0. The van der Waals surface area contributed by atoms with Crippen molar-refractivity contribution in [3.05, 3.63) is 14.9 Å². The number of rotatable bonds is 0. The van der Waals surface area contributed by atoms with Gasteiger partial charge in [0.2, 0.25) is 0 Å². The summed E-state index contributed by atoms with van der Waals surface area (Å²) in [6.45, 7) is 11.5. The van der Waals surface area contributed by atoms with E-state index in [0.29, 0.717) is 0 Å². The Morgan fingerprint density at radius 1 is 0.842 bits per heavy atom. The minimum absolute atomic E-state index is 0. The van der Waals surface area contributed by atoms with Crippen molar-refractivity contribution in [2.45, 2.75) is 52.7 Å². The normalized spacial score (nSPS) is 12.7. The predicted molar refractivity (Wildman–Crippen MR) is 86.2 cm³/mol. The van der Waals surface area contributed by atoms with Crippen LogP contribution in [-0.4, -0.2) is 16.2 Å². The van der Waals surface area contributed by atoms with Gasteiger partial charge in [0.1, 0.15) is 0 Å². The fourth-order valence-corrected chi connectivity index (χ4v) is 0. The van der Waals surface area contributed by atoms with Crippen LogP contribution < -0.4 is 0 Å². The molecule has 0 aromatic carbocycles. The van der Waals surface area contributed by atoms with E-state index in [-0.39, 0.29) is 20.4 Å². The summed E-state index contributed by atoms with van der Waals surface area (Å²) in [6.07, 6.45) is 0. The number of nitrogens with zero attached hydrogens (tertiary/aromatic N) is 1. The van der Waals surface area contributed by atoms with Gasteiger partial charge in [0, 0.05) is 0 Å². The summed E-state index contributed by atoms with van der Waals surface area (Å²) in [7, 11) is 20.9. The molecule has 0 spiro atoms. The Bertz CT molecular complexity index is 206. The third-order valence-electron chi connectivity index (χ3n) is 0.300. The van der Waals surface area contributed by atoms with Gasteiger partial charge in [-0.1, -0.05) is 0 Å². The first kappa shape index (κ1) is 33.3.